The van der Waals surface area contributed by atoms with Crippen molar-refractivity contribution in [3.05, 3.63) is 72.9 Å². The summed E-state index contributed by atoms with van der Waals surface area (Å²) in [5.41, 5.74) is 0. The molecule has 0 bridgehead atoms. The number of aliphatic hydroxyl groups is 1. The van der Waals surface area contributed by atoms with Crippen LogP contribution in [0.2, 0.25) is 0 Å². The maximum atomic E-state index is 13.1. The van der Waals surface area contributed by atoms with E-state index in [4.69, 9.17) is 9.05 Å². The topological polar surface area (TPSA) is 108 Å². The first-order valence-electron chi connectivity index (χ1n) is 40.3. The van der Waals surface area contributed by atoms with Crippen LogP contribution in [-0.4, -0.2) is 68.5 Å². The van der Waals surface area contributed by atoms with Crippen LogP contribution in [0.5, 0.6) is 0 Å². The Hall–Kier alpha value is -2.06. The summed E-state index contributed by atoms with van der Waals surface area (Å²) in [7, 11) is 1.32. The summed E-state index contributed by atoms with van der Waals surface area (Å²) in [5, 5.41) is 14.2. The molecule has 540 valence electrons. The van der Waals surface area contributed by atoms with E-state index in [1.54, 1.807) is 0 Å². The lowest BCUT2D eigenvalue weighted by molar-refractivity contribution is -0.870. The van der Waals surface area contributed by atoms with Gasteiger partial charge in [0.1, 0.15) is 13.2 Å². The molecule has 0 aromatic rings. The van der Waals surface area contributed by atoms with E-state index in [0.29, 0.717) is 23.9 Å². The van der Waals surface area contributed by atoms with Crippen LogP contribution in [0.4, 0.5) is 0 Å². The molecule has 8 nitrogen and oxygen atoms in total. The second-order valence-electron chi connectivity index (χ2n) is 28.8. The summed E-state index contributed by atoms with van der Waals surface area (Å²) in [6.07, 6.45) is 103. The number of nitrogens with zero attached hydrogens (tertiary/aromatic N) is 1. The van der Waals surface area contributed by atoms with Crippen molar-refractivity contribution >= 4 is 13.7 Å². The third kappa shape index (κ3) is 75.3. The van der Waals surface area contributed by atoms with E-state index in [0.717, 1.165) is 77.0 Å². The first-order valence-corrected chi connectivity index (χ1v) is 41.7. The molecule has 0 heterocycles. The number of quaternary nitrogens is 1. The van der Waals surface area contributed by atoms with Gasteiger partial charge in [-0.1, -0.05) is 401 Å². The monoisotopic (exact) mass is 1310 g/mol. The van der Waals surface area contributed by atoms with Crippen molar-refractivity contribution in [1.82, 2.24) is 5.32 Å². The van der Waals surface area contributed by atoms with Gasteiger partial charge in [-0.15, -0.1) is 0 Å². The van der Waals surface area contributed by atoms with Gasteiger partial charge in [-0.25, -0.2) is 0 Å². The highest BCUT2D eigenvalue weighted by atomic mass is 31.2. The number of nitrogens with one attached hydrogen (secondary N) is 1. The highest BCUT2D eigenvalue weighted by molar-refractivity contribution is 7.45. The maximum absolute atomic E-state index is 13.1. The van der Waals surface area contributed by atoms with Crippen LogP contribution in [0.25, 0.3) is 0 Å². The number of allylic oxidation sites excluding steroid dienone is 12. The predicted octanol–water partition coefficient (Wildman–Crippen LogP) is 25.8. The lowest BCUT2D eigenvalue weighted by Gasteiger charge is -2.30. The Bertz CT molecular complexity index is 1730. The third-order valence-electron chi connectivity index (χ3n) is 18.5. The number of carbonyl (C=O) groups excluding carboxylic acids is 1. The van der Waals surface area contributed by atoms with Gasteiger partial charge in [0, 0.05) is 6.42 Å². The molecule has 92 heavy (non-hydrogen) atoms. The standard InChI is InChI=1S/C83H157N2O6P/c1-6-8-10-12-14-16-18-20-22-24-26-28-30-32-34-36-38-39-40-41-42-43-44-45-47-49-51-53-55-57-59-61-63-65-67-69-71-73-75-77-83(87)84-81(80-91-92(88,89)90-79-78-85(3,4)5)82(86)76-74-72-70-68-66-64-62-60-58-56-54-52-50-48-46-37-35-33-31-29-27-25-23-21-19-17-15-13-11-9-7-2/h8,10,14,16,20,22,26,28,32,34,38-39,81-82,86H,6-7,9,11-13,15,17-19,21,23-25,27,29-31,33,35-37,40-80H2,1-5H3,(H-,84,87,88,89)/b10-8-,16-14-,22-20-,28-26-,34-32-,39-38-. The molecule has 1 amide bonds. The van der Waals surface area contributed by atoms with Gasteiger partial charge in [0.25, 0.3) is 7.82 Å². The number of unbranched alkanes of at least 4 members (excludes halogenated alkanes) is 50. The molecule has 0 fully saturated rings. The van der Waals surface area contributed by atoms with Gasteiger partial charge < -0.3 is 28.8 Å². The number of hydrogen-bond acceptors (Lipinski definition) is 6. The first kappa shape index (κ1) is 89.9. The lowest BCUT2D eigenvalue weighted by atomic mass is 10.0. The second kappa shape index (κ2) is 73.2. The van der Waals surface area contributed by atoms with E-state index in [2.05, 4.69) is 92.1 Å². The zero-order valence-corrected chi connectivity index (χ0v) is 62.9. The Labute approximate surface area is 574 Å². The molecule has 0 radical (unpaired) electrons. The van der Waals surface area contributed by atoms with Gasteiger partial charge in [0.2, 0.25) is 5.91 Å². The molecular formula is C83H157N2O6P. The van der Waals surface area contributed by atoms with Crippen LogP contribution in [0.3, 0.4) is 0 Å². The second-order valence-corrected chi connectivity index (χ2v) is 30.2. The fourth-order valence-electron chi connectivity index (χ4n) is 12.3. The molecule has 0 saturated carbocycles. The van der Waals surface area contributed by atoms with Crippen molar-refractivity contribution in [2.75, 3.05) is 40.9 Å². The summed E-state index contributed by atoms with van der Waals surface area (Å²) in [6, 6.07) is -0.804. The highest BCUT2D eigenvalue weighted by Crippen LogP contribution is 2.38. The van der Waals surface area contributed by atoms with Gasteiger partial charge in [-0.2, -0.15) is 0 Å². The van der Waals surface area contributed by atoms with Gasteiger partial charge in [0.15, 0.2) is 0 Å². The Morgan fingerprint density at radius 3 is 0.967 bits per heavy atom. The van der Waals surface area contributed by atoms with E-state index in [1.807, 2.05) is 21.1 Å². The fourth-order valence-corrected chi connectivity index (χ4v) is 13.0. The Balaban J connectivity index is 3.93. The molecule has 3 unspecified atom stereocenters. The Morgan fingerprint density at radius 1 is 0.391 bits per heavy atom. The van der Waals surface area contributed by atoms with Crippen LogP contribution >= 0.6 is 7.82 Å². The quantitative estimate of drug-likeness (QED) is 0.0272. The molecule has 0 saturated heterocycles. The zero-order valence-electron chi connectivity index (χ0n) is 62.0. The zero-order chi connectivity index (χ0) is 66.9. The van der Waals surface area contributed by atoms with Crippen LogP contribution in [-0.2, 0) is 18.4 Å². The third-order valence-corrected chi connectivity index (χ3v) is 19.4. The minimum absolute atomic E-state index is 0.0130. The maximum Gasteiger partial charge on any atom is 0.268 e. The molecule has 0 spiro atoms. The predicted molar refractivity (Wildman–Crippen MR) is 404 cm³/mol. The average Bonchev–Trinajstić information content (AvgIpc) is 2.63. The molecule has 0 aliphatic carbocycles. The number of phosphoric ester groups is 1. The summed E-state index contributed by atoms with van der Waals surface area (Å²) < 4.78 is 23.6. The van der Waals surface area contributed by atoms with Gasteiger partial charge in [-0.05, 0) is 64.2 Å². The van der Waals surface area contributed by atoms with Crippen LogP contribution in [0.1, 0.15) is 399 Å². The van der Waals surface area contributed by atoms with Gasteiger partial charge in [0.05, 0.1) is 39.9 Å². The highest BCUT2D eigenvalue weighted by Gasteiger charge is 2.24. The largest absolute Gasteiger partial charge is 0.756 e. The number of hydrogen-bond donors (Lipinski definition) is 2. The summed E-state index contributed by atoms with van der Waals surface area (Å²) >= 11 is 0. The molecule has 2 N–H and O–H groups in total. The number of aliphatic hydroxyl groups excluding tert-OH is 1. The SMILES string of the molecule is CC/C=C\C/C=C\C/C=C\C/C=C\C/C=C\C/C=C\CCCCCCCCCCCCCCCCCCCCCCC(=O)NC(COP(=O)([O-])OCC[N+](C)(C)C)C(O)CCCCCCCCCCCCCCCCCCCCCCCCCCCCCCCCC. The smallest absolute Gasteiger partial charge is 0.268 e. The number of likely N-dealkylation sites (N-methyl/N-ethyl adjacent to an activating group) is 1. The summed E-state index contributed by atoms with van der Waals surface area (Å²) in [5.74, 6) is -0.157. The van der Waals surface area contributed by atoms with E-state index in [-0.39, 0.29) is 19.1 Å². The lowest BCUT2D eigenvalue weighted by Crippen LogP contribution is -2.46. The van der Waals surface area contributed by atoms with Crippen molar-refractivity contribution in [3.8, 4) is 0 Å². The normalized spacial score (nSPS) is 13.9. The minimum Gasteiger partial charge on any atom is -0.756 e. The van der Waals surface area contributed by atoms with Crippen molar-refractivity contribution in [3.63, 3.8) is 0 Å². The molecule has 0 aromatic heterocycles. The average molecular weight is 1310 g/mol. The van der Waals surface area contributed by atoms with Crippen LogP contribution < -0.4 is 10.2 Å². The minimum atomic E-state index is -4.59. The van der Waals surface area contributed by atoms with Crippen molar-refractivity contribution in [2.24, 2.45) is 0 Å². The van der Waals surface area contributed by atoms with Crippen LogP contribution in [0.15, 0.2) is 72.9 Å². The molecule has 9 heteroatoms. The number of amides is 1. The van der Waals surface area contributed by atoms with Gasteiger partial charge >= 0.3 is 0 Å². The molecule has 0 aliphatic rings. The first-order chi connectivity index (χ1) is 45.0. The van der Waals surface area contributed by atoms with Crippen molar-refractivity contribution in [2.45, 2.75) is 411 Å². The number of phosphoric acid groups is 1. The van der Waals surface area contributed by atoms with Crippen molar-refractivity contribution < 1.29 is 32.9 Å². The molecule has 0 rings (SSSR count). The number of carbonyl (C=O) groups is 1. The molecule has 3 atom stereocenters. The summed E-state index contributed by atoms with van der Waals surface area (Å²) in [4.78, 5) is 25.8. The van der Waals surface area contributed by atoms with E-state index >= 15 is 0 Å². The Kier molecular flexibility index (Phi) is 71.6. The van der Waals surface area contributed by atoms with E-state index in [9.17, 15) is 19.4 Å². The molecular weight excluding hydrogens is 1150 g/mol. The summed E-state index contributed by atoms with van der Waals surface area (Å²) in [6.45, 7) is 4.67. The van der Waals surface area contributed by atoms with Crippen LogP contribution in [0, 0.1) is 0 Å². The van der Waals surface area contributed by atoms with Gasteiger partial charge in [-0.3, -0.25) is 9.36 Å². The number of rotatable bonds is 75. The molecule has 0 aromatic carbocycles. The van der Waals surface area contributed by atoms with Crippen molar-refractivity contribution in [1.29, 1.82) is 0 Å². The van der Waals surface area contributed by atoms with E-state index < -0.39 is 20.0 Å². The Morgan fingerprint density at radius 2 is 0.663 bits per heavy atom. The molecule has 0 aliphatic heterocycles. The van der Waals surface area contributed by atoms with E-state index in [1.165, 1.54) is 295 Å². The fraction of sp³-hybridized carbons (Fsp3) is 0.843.